The monoisotopic (exact) mass is 339 g/mol. The number of hydrogen-bond acceptors (Lipinski definition) is 6. The molecule has 0 aliphatic carbocycles. The topological polar surface area (TPSA) is 101 Å². The Morgan fingerprint density at radius 3 is 2.20 bits per heavy atom. The van der Waals surface area contributed by atoms with Gasteiger partial charge in [0.15, 0.2) is 0 Å². The van der Waals surface area contributed by atoms with Gasteiger partial charge in [0.2, 0.25) is 5.88 Å². The van der Waals surface area contributed by atoms with Crippen LogP contribution in [-0.4, -0.2) is 14.2 Å². The second kappa shape index (κ2) is 6.78. The molecule has 6 heteroatoms. The minimum atomic E-state index is -0.654. The van der Waals surface area contributed by atoms with E-state index in [1.165, 1.54) is 7.11 Å². The Bertz CT molecular complexity index is 833. The van der Waals surface area contributed by atoms with Crippen molar-refractivity contribution in [1.29, 1.82) is 10.5 Å². The van der Waals surface area contributed by atoms with Gasteiger partial charge in [-0.1, -0.05) is 26.8 Å². The van der Waals surface area contributed by atoms with Crippen molar-refractivity contribution >= 4 is 0 Å². The van der Waals surface area contributed by atoms with Gasteiger partial charge < -0.3 is 19.9 Å². The molecule has 0 unspecified atom stereocenters. The van der Waals surface area contributed by atoms with Gasteiger partial charge in [-0.15, -0.1) is 0 Å². The van der Waals surface area contributed by atoms with Crippen LogP contribution in [0.25, 0.3) is 0 Å². The first-order valence-electron chi connectivity index (χ1n) is 7.72. The highest BCUT2D eigenvalue weighted by molar-refractivity contribution is 5.58. The summed E-state index contributed by atoms with van der Waals surface area (Å²) in [6.45, 7) is 5.77. The number of nitrogens with zero attached hydrogens (tertiary/aromatic N) is 2. The van der Waals surface area contributed by atoms with Gasteiger partial charge in [0, 0.05) is 17.0 Å². The largest absolute Gasteiger partial charge is 0.497 e. The van der Waals surface area contributed by atoms with Crippen LogP contribution in [-0.2, 0) is 4.74 Å². The Labute approximate surface area is 147 Å². The summed E-state index contributed by atoms with van der Waals surface area (Å²) in [5.74, 6) is 0.928. The molecule has 0 amide bonds. The Morgan fingerprint density at radius 2 is 1.72 bits per heavy atom. The van der Waals surface area contributed by atoms with Crippen molar-refractivity contribution in [3.05, 3.63) is 46.6 Å². The standard InChI is InChI=1S/C19H21N3O3/c1-19(2,3)17-13(9-20)16(14(10-21)18(22)25-17)12-7-6-11(23-4)8-15(12)24-5/h6-8,16H,22H2,1-5H3/t16-/m0/s1. The van der Waals surface area contributed by atoms with Crippen molar-refractivity contribution in [1.82, 2.24) is 0 Å². The lowest BCUT2D eigenvalue weighted by Gasteiger charge is -2.32. The summed E-state index contributed by atoms with van der Waals surface area (Å²) in [7, 11) is 3.08. The molecule has 6 nitrogen and oxygen atoms in total. The Balaban J connectivity index is 2.78. The van der Waals surface area contributed by atoms with Gasteiger partial charge in [-0.2, -0.15) is 10.5 Å². The molecule has 2 N–H and O–H groups in total. The third kappa shape index (κ3) is 3.25. The van der Waals surface area contributed by atoms with Crippen LogP contribution in [0.3, 0.4) is 0 Å². The highest BCUT2D eigenvalue weighted by atomic mass is 16.5. The number of rotatable bonds is 3. The van der Waals surface area contributed by atoms with E-state index in [9.17, 15) is 10.5 Å². The molecule has 1 heterocycles. The summed E-state index contributed by atoms with van der Waals surface area (Å²) in [5, 5.41) is 19.4. The Hall–Kier alpha value is -3.12. The molecule has 0 saturated heterocycles. The van der Waals surface area contributed by atoms with Crippen LogP contribution < -0.4 is 15.2 Å². The first-order chi connectivity index (χ1) is 11.8. The highest BCUT2D eigenvalue weighted by Crippen LogP contribution is 2.46. The number of hydrogen-bond donors (Lipinski definition) is 1. The summed E-state index contributed by atoms with van der Waals surface area (Å²) in [6.07, 6.45) is 0. The summed E-state index contributed by atoms with van der Waals surface area (Å²) >= 11 is 0. The first-order valence-corrected chi connectivity index (χ1v) is 7.72. The van der Waals surface area contributed by atoms with Crippen molar-refractivity contribution in [2.24, 2.45) is 11.1 Å². The average Bonchev–Trinajstić information content (AvgIpc) is 2.59. The van der Waals surface area contributed by atoms with Crippen molar-refractivity contribution in [2.75, 3.05) is 14.2 Å². The second-order valence-electron chi connectivity index (χ2n) is 6.64. The smallest absolute Gasteiger partial charge is 0.205 e. The van der Waals surface area contributed by atoms with Gasteiger partial charge in [-0.3, -0.25) is 0 Å². The maximum absolute atomic E-state index is 9.79. The quantitative estimate of drug-likeness (QED) is 0.906. The van der Waals surface area contributed by atoms with Gasteiger partial charge in [-0.05, 0) is 6.07 Å². The number of methoxy groups -OCH3 is 2. The number of ether oxygens (including phenoxy) is 3. The van der Waals surface area contributed by atoms with Crippen molar-refractivity contribution in [2.45, 2.75) is 26.7 Å². The molecule has 0 fully saturated rings. The molecule has 1 aliphatic heterocycles. The number of nitrogens with two attached hydrogens (primary N) is 1. The molecule has 130 valence electrons. The molecule has 1 aromatic rings. The van der Waals surface area contributed by atoms with Crippen molar-refractivity contribution in [3.8, 4) is 23.6 Å². The first kappa shape index (κ1) is 18.2. The lowest BCUT2D eigenvalue weighted by atomic mass is 9.78. The van der Waals surface area contributed by atoms with Crippen LogP contribution in [0.1, 0.15) is 32.3 Å². The molecular formula is C19H21N3O3. The molecule has 25 heavy (non-hydrogen) atoms. The van der Waals surface area contributed by atoms with E-state index >= 15 is 0 Å². The lowest BCUT2D eigenvalue weighted by Crippen LogP contribution is -2.26. The SMILES string of the molecule is COc1ccc([C@@H]2C(C#N)=C(N)OC(C(C)(C)C)=C2C#N)c(OC)c1. The van der Waals surface area contributed by atoms with Gasteiger partial charge in [0.05, 0.1) is 31.8 Å². The molecule has 1 aliphatic rings. The predicted molar refractivity (Wildman–Crippen MR) is 92.3 cm³/mol. The lowest BCUT2D eigenvalue weighted by molar-refractivity contribution is 0.199. The third-order valence-electron chi connectivity index (χ3n) is 3.97. The summed E-state index contributed by atoms with van der Waals surface area (Å²) < 4.78 is 16.3. The van der Waals surface area contributed by atoms with E-state index in [2.05, 4.69) is 12.1 Å². The van der Waals surface area contributed by atoms with E-state index in [0.29, 0.717) is 28.4 Å². The zero-order chi connectivity index (χ0) is 18.8. The normalized spacial score (nSPS) is 17.5. The van der Waals surface area contributed by atoms with Gasteiger partial charge >= 0.3 is 0 Å². The molecular weight excluding hydrogens is 318 g/mol. The van der Waals surface area contributed by atoms with E-state index in [-0.39, 0.29) is 11.5 Å². The van der Waals surface area contributed by atoms with Gasteiger partial charge in [0.25, 0.3) is 0 Å². The Kier molecular flexibility index (Phi) is 4.94. The van der Waals surface area contributed by atoms with E-state index < -0.39 is 11.3 Å². The fraction of sp³-hybridized carbons (Fsp3) is 0.368. The minimum Gasteiger partial charge on any atom is -0.497 e. The molecule has 0 radical (unpaired) electrons. The molecule has 0 bridgehead atoms. The van der Waals surface area contributed by atoms with E-state index in [1.807, 2.05) is 20.8 Å². The minimum absolute atomic E-state index is 0.00861. The molecule has 2 rings (SSSR count). The fourth-order valence-corrected chi connectivity index (χ4v) is 2.80. The van der Waals surface area contributed by atoms with E-state index in [1.54, 1.807) is 25.3 Å². The summed E-state index contributed by atoms with van der Waals surface area (Å²) in [5.41, 5.74) is 6.74. The van der Waals surface area contributed by atoms with Crippen LogP contribution in [0.5, 0.6) is 11.5 Å². The van der Waals surface area contributed by atoms with E-state index in [4.69, 9.17) is 19.9 Å². The van der Waals surface area contributed by atoms with E-state index in [0.717, 1.165) is 0 Å². The zero-order valence-electron chi connectivity index (χ0n) is 15.0. The Morgan fingerprint density at radius 1 is 1.08 bits per heavy atom. The van der Waals surface area contributed by atoms with Crippen LogP contribution in [0.15, 0.2) is 41.0 Å². The maximum Gasteiger partial charge on any atom is 0.205 e. The highest BCUT2D eigenvalue weighted by Gasteiger charge is 2.38. The summed E-state index contributed by atoms with van der Waals surface area (Å²) in [6, 6.07) is 9.51. The molecule has 0 spiro atoms. The number of nitriles is 2. The molecule has 0 saturated carbocycles. The maximum atomic E-state index is 9.79. The third-order valence-corrected chi connectivity index (χ3v) is 3.97. The second-order valence-corrected chi connectivity index (χ2v) is 6.64. The van der Waals surface area contributed by atoms with Crippen LogP contribution >= 0.6 is 0 Å². The van der Waals surface area contributed by atoms with Crippen LogP contribution in [0.4, 0.5) is 0 Å². The number of allylic oxidation sites excluding steroid dienone is 3. The number of benzene rings is 1. The van der Waals surface area contributed by atoms with Crippen molar-refractivity contribution in [3.63, 3.8) is 0 Å². The predicted octanol–water partition coefficient (Wildman–Crippen LogP) is 3.34. The average molecular weight is 339 g/mol. The molecule has 1 aromatic carbocycles. The van der Waals surface area contributed by atoms with Crippen LogP contribution in [0.2, 0.25) is 0 Å². The van der Waals surface area contributed by atoms with Crippen LogP contribution in [0, 0.1) is 28.1 Å². The van der Waals surface area contributed by atoms with Gasteiger partial charge in [0.1, 0.15) is 28.9 Å². The van der Waals surface area contributed by atoms with Crippen molar-refractivity contribution < 1.29 is 14.2 Å². The molecule has 0 aromatic heterocycles. The van der Waals surface area contributed by atoms with Gasteiger partial charge in [-0.25, -0.2) is 0 Å². The zero-order valence-corrected chi connectivity index (χ0v) is 15.0. The molecule has 1 atom stereocenters. The summed E-state index contributed by atoms with van der Waals surface area (Å²) in [4.78, 5) is 0. The fourth-order valence-electron chi connectivity index (χ4n) is 2.80.